The Hall–Kier alpha value is -1.69. The predicted molar refractivity (Wildman–Crippen MR) is 62.6 cm³/mol. The molecule has 0 aromatic heterocycles. The minimum absolute atomic E-state index is 0.276. The van der Waals surface area contributed by atoms with E-state index in [1.807, 2.05) is 6.92 Å². The minimum Gasteiger partial charge on any atom is -0.385 e. The molecule has 0 amide bonds. The molecular formula is C11H15FN2O3. The molecule has 1 N–H and O–H groups in total. The van der Waals surface area contributed by atoms with Crippen LogP contribution in [0.1, 0.15) is 6.92 Å². The number of hydrogen-bond acceptors (Lipinski definition) is 4. The lowest BCUT2D eigenvalue weighted by atomic mass is 10.2. The summed E-state index contributed by atoms with van der Waals surface area (Å²) in [7, 11) is 1.61. The molecule has 0 fully saturated rings. The Bertz CT molecular complexity index is 398. The average molecular weight is 242 g/mol. The van der Waals surface area contributed by atoms with Gasteiger partial charge in [-0.1, -0.05) is 6.92 Å². The van der Waals surface area contributed by atoms with Crippen LogP contribution in [0.4, 0.5) is 15.8 Å². The van der Waals surface area contributed by atoms with Crippen molar-refractivity contribution in [2.45, 2.75) is 6.92 Å². The van der Waals surface area contributed by atoms with Crippen LogP contribution in [-0.2, 0) is 4.74 Å². The zero-order valence-electron chi connectivity index (χ0n) is 9.77. The lowest BCUT2D eigenvalue weighted by Crippen LogP contribution is -2.15. The number of hydrogen-bond donors (Lipinski definition) is 1. The number of halogens is 1. The van der Waals surface area contributed by atoms with Crippen molar-refractivity contribution in [1.29, 1.82) is 0 Å². The highest BCUT2D eigenvalue weighted by atomic mass is 19.1. The van der Waals surface area contributed by atoms with Crippen molar-refractivity contribution in [2.75, 3.05) is 25.6 Å². The highest BCUT2D eigenvalue weighted by Gasteiger charge is 2.13. The van der Waals surface area contributed by atoms with E-state index < -0.39 is 16.4 Å². The maximum absolute atomic E-state index is 13.3. The van der Waals surface area contributed by atoms with E-state index in [4.69, 9.17) is 4.74 Å². The molecule has 17 heavy (non-hydrogen) atoms. The van der Waals surface area contributed by atoms with Crippen LogP contribution in [0, 0.1) is 21.8 Å². The fraction of sp³-hybridized carbons (Fsp3) is 0.455. The fourth-order valence-corrected chi connectivity index (χ4v) is 1.40. The second-order valence-corrected chi connectivity index (χ2v) is 3.86. The molecule has 1 rings (SSSR count). The Morgan fingerprint density at radius 3 is 2.82 bits per heavy atom. The van der Waals surface area contributed by atoms with Crippen molar-refractivity contribution in [3.63, 3.8) is 0 Å². The summed E-state index contributed by atoms with van der Waals surface area (Å²) in [6, 6.07) is 3.76. The molecule has 0 aliphatic rings. The molecule has 1 unspecified atom stereocenters. The lowest BCUT2D eigenvalue weighted by molar-refractivity contribution is -0.387. The number of nitrogens with one attached hydrogen (secondary N) is 1. The quantitative estimate of drug-likeness (QED) is 0.614. The molecule has 1 atom stereocenters. The molecule has 5 nitrogen and oxygen atoms in total. The van der Waals surface area contributed by atoms with Gasteiger partial charge in [0.2, 0.25) is 5.82 Å². The third-order valence-corrected chi connectivity index (χ3v) is 2.25. The summed E-state index contributed by atoms with van der Waals surface area (Å²) in [5.74, 6) is -0.558. The van der Waals surface area contributed by atoms with Gasteiger partial charge in [0.25, 0.3) is 0 Å². The van der Waals surface area contributed by atoms with Crippen LogP contribution in [0.3, 0.4) is 0 Å². The van der Waals surface area contributed by atoms with E-state index in [1.54, 1.807) is 7.11 Å². The largest absolute Gasteiger partial charge is 0.385 e. The van der Waals surface area contributed by atoms with Crippen molar-refractivity contribution in [1.82, 2.24) is 0 Å². The summed E-state index contributed by atoms with van der Waals surface area (Å²) < 4.78 is 18.2. The van der Waals surface area contributed by atoms with Crippen LogP contribution < -0.4 is 5.32 Å². The Kier molecular flexibility index (Phi) is 4.84. The molecule has 6 heteroatoms. The van der Waals surface area contributed by atoms with Crippen molar-refractivity contribution in [2.24, 2.45) is 5.92 Å². The Morgan fingerprint density at radius 1 is 1.59 bits per heavy atom. The molecule has 1 aromatic carbocycles. The van der Waals surface area contributed by atoms with E-state index >= 15 is 0 Å². The highest BCUT2D eigenvalue weighted by molar-refractivity contribution is 5.49. The Morgan fingerprint density at radius 2 is 2.29 bits per heavy atom. The SMILES string of the molecule is COCC(C)CNc1ccc([N+](=O)[O-])c(F)c1. The molecule has 0 heterocycles. The van der Waals surface area contributed by atoms with Gasteiger partial charge in [0.15, 0.2) is 0 Å². The molecule has 0 aliphatic carbocycles. The number of nitro groups is 1. The van der Waals surface area contributed by atoms with Gasteiger partial charge in [-0.25, -0.2) is 0 Å². The normalized spacial score (nSPS) is 12.2. The molecule has 0 bridgehead atoms. The third kappa shape index (κ3) is 3.99. The minimum atomic E-state index is -0.834. The number of methoxy groups -OCH3 is 1. The summed E-state index contributed by atoms with van der Waals surface area (Å²) in [6.45, 7) is 3.20. The molecule has 0 saturated carbocycles. The first-order valence-electron chi connectivity index (χ1n) is 5.21. The van der Waals surface area contributed by atoms with E-state index in [0.29, 0.717) is 18.8 Å². The second-order valence-electron chi connectivity index (χ2n) is 3.86. The molecule has 1 aromatic rings. The molecule has 0 saturated heterocycles. The summed E-state index contributed by atoms with van der Waals surface area (Å²) in [5.41, 5.74) is 0.0107. The topological polar surface area (TPSA) is 64.4 Å². The van der Waals surface area contributed by atoms with Gasteiger partial charge in [0, 0.05) is 31.5 Å². The first-order valence-corrected chi connectivity index (χ1v) is 5.21. The lowest BCUT2D eigenvalue weighted by Gasteiger charge is -2.12. The van der Waals surface area contributed by atoms with Gasteiger partial charge in [0.05, 0.1) is 11.5 Å². The van der Waals surface area contributed by atoms with E-state index in [9.17, 15) is 14.5 Å². The maximum Gasteiger partial charge on any atom is 0.304 e. The van der Waals surface area contributed by atoms with E-state index in [0.717, 1.165) is 12.1 Å². The van der Waals surface area contributed by atoms with Crippen LogP contribution in [0.5, 0.6) is 0 Å². The maximum atomic E-state index is 13.3. The van der Waals surface area contributed by atoms with Crippen LogP contribution in [0.15, 0.2) is 18.2 Å². The van der Waals surface area contributed by atoms with Crippen LogP contribution >= 0.6 is 0 Å². The van der Waals surface area contributed by atoms with Gasteiger partial charge in [-0.15, -0.1) is 0 Å². The first-order chi connectivity index (χ1) is 8.04. The van der Waals surface area contributed by atoms with E-state index in [-0.39, 0.29) is 5.92 Å². The zero-order chi connectivity index (χ0) is 12.8. The summed E-state index contributed by atoms with van der Waals surface area (Å²) >= 11 is 0. The number of benzene rings is 1. The van der Waals surface area contributed by atoms with Crippen LogP contribution in [0.2, 0.25) is 0 Å². The van der Waals surface area contributed by atoms with Crippen molar-refractivity contribution >= 4 is 11.4 Å². The molecule has 94 valence electrons. The van der Waals surface area contributed by atoms with Crippen LogP contribution in [0.25, 0.3) is 0 Å². The van der Waals surface area contributed by atoms with Gasteiger partial charge in [-0.3, -0.25) is 10.1 Å². The smallest absolute Gasteiger partial charge is 0.304 e. The standard InChI is InChI=1S/C11H15FN2O3/c1-8(7-17-2)6-13-9-3-4-11(14(15)16)10(12)5-9/h3-5,8,13H,6-7H2,1-2H3. The van der Waals surface area contributed by atoms with Gasteiger partial charge in [-0.2, -0.15) is 4.39 Å². The van der Waals surface area contributed by atoms with Crippen molar-refractivity contribution in [3.8, 4) is 0 Å². The van der Waals surface area contributed by atoms with Crippen LogP contribution in [-0.4, -0.2) is 25.2 Å². The highest BCUT2D eigenvalue weighted by Crippen LogP contribution is 2.20. The Labute approximate surface area is 98.7 Å². The molecule has 0 spiro atoms. The van der Waals surface area contributed by atoms with Crippen molar-refractivity contribution < 1.29 is 14.1 Å². The average Bonchev–Trinajstić information content (AvgIpc) is 2.26. The monoisotopic (exact) mass is 242 g/mol. The van der Waals surface area contributed by atoms with Gasteiger partial charge in [-0.05, 0) is 12.0 Å². The number of nitrogens with zero attached hydrogens (tertiary/aromatic N) is 1. The number of anilines is 1. The van der Waals surface area contributed by atoms with Gasteiger partial charge < -0.3 is 10.1 Å². The fourth-order valence-electron chi connectivity index (χ4n) is 1.40. The van der Waals surface area contributed by atoms with E-state index in [2.05, 4.69) is 5.32 Å². The number of ether oxygens (including phenoxy) is 1. The van der Waals surface area contributed by atoms with Crippen molar-refractivity contribution in [3.05, 3.63) is 34.1 Å². The van der Waals surface area contributed by atoms with E-state index in [1.165, 1.54) is 6.07 Å². The summed E-state index contributed by atoms with van der Waals surface area (Å²) in [4.78, 5) is 9.67. The third-order valence-electron chi connectivity index (χ3n) is 2.25. The summed E-state index contributed by atoms with van der Waals surface area (Å²) in [6.07, 6.45) is 0. The predicted octanol–water partition coefficient (Wildman–Crippen LogP) is 2.43. The zero-order valence-corrected chi connectivity index (χ0v) is 9.77. The van der Waals surface area contributed by atoms with Gasteiger partial charge >= 0.3 is 5.69 Å². The Balaban J connectivity index is 2.62. The molecule has 0 aliphatic heterocycles. The van der Waals surface area contributed by atoms with Gasteiger partial charge in [0.1, 0.15) is 0 Å². The number of rotatable bonds is 6. The summed E-state index contributed by atoms with van der Waals surface area (Å²) in [5, 5.41) is 13.4. The molecular weight excluding hydrogens is 227 g/mol. The molecule has 0 radical (unpaired) electrons. The first kappa shape index (κ1) is 13.4. The number of nitro benzene ring substituents is 1. The second kappa shape index (κ2) is 6.15.